The van der Waals surface area contributed by atoms with Gasteiger partial charge in [-0.2, -0.15) is 0 Å². The quantitative estimate of drug-likeness (QED) is 0.327. The van der Waals surface area contributed by atoms with Gasteiger partial charge in [-0.1, -0.05) is 30.3 Å². The van der Waals surface area contributed by atoms with Crippen LogP contribution in [0.5, 0.6) is 11.5 Å². The summed E-state index contributed by atoms with van der Waals surface area (Å²) in [6, 6.07) is 15.1. The number of para-hydroxylation sites is 1. The van der Waals surface area contributed by atoms with Crippen molar-refractivity contribution in [3.63, 3.8) is 0 Å². The van der Waals surface area contributed by atoms with Crippen LogP contribution in [0, 0.1) is 0 Å². The van der Waals surface area contributed by atoms with Crippen LogP contribution in [-0.4, -0.2) is 45.2 Å². The number of aliphatic imine (C=N–C) groups is 1. The van der Waals surface area contributed by atoms with Crippen LogP contribution in [-0.2, 0) is 6.54 Å². The highest BCUT2D eigenvalue weighted by Gasteiger charge is 2.20. The Morgan fingerprint density at radius 3 is 2.45 bits per heavy atom. The van der Waals surface area contributed by atoms with Gasteiger partial charge < -0.3 is 25.4 Å². The van der Waals surface area contributed by atoms with E-state index in [0.717, 1.165) is 29.9 Å². The highest BCUT2D eigenvalue weighted by Crippen LogP contribution is 2.34. The highest BCUT2D eigenvalue weighted by atomic mass is 16.5. The lowest BCUT2D eigenvalue weighted by atomic mass is 10.1. The molecule has 1 amide bonds. The van der Waals surface area contributed by atoms with E-state index in [1.165, 1.54) is 12.8 Å². The van der Waals surface area contributed by atoms with Gasteiger partial charge in [-0.25, -0.2) is 0 Å². The van der Waals surface area contributed by atoms with Gasteiger partial charge >= 0.3 is 0 Å². The highest BCUT2D eigenvalue weighted by molar-refractivity contribution is 5.94. The SMILES string of the molecule is CN=C(NCCNC(=O)c1ccccc1)NCc1cccc(OC)c1OC1CCCC1. The van der Waals surface area contributed by atoms with Gasteiger partial charge in [0.05, 0.1) is 13.2 Å². The van der Waals surface area contributed by atoms with E-state index in [9.17, 15) is 4.79 Å². The second-order valence-electron chi connectivity index (χ2n) is 7.45. The molecule has 0 atom stereocenters. The Kier molecular flexibility index (Phi) is 8.58. The number of guanidine groups is 1. The summed E-state index contributed by atoms with van der Waals surface area (Å²) in [5, 5.41) is 9.43. The van der Waals surface area contributed by atoms with E-state index < -0.39 is 0 Å². The standard InChI is InChI=1S/C24H32N4O3/c1-25-24(27-16-15-26-23(29)18-9-4-3-5-10-18)28-17-19-11-8-14-21(30-2)22(19)31-20-12-6-7-13-20/h3-5,8-11,14,20H,6-7,12-13,15-17H2,1-2H3,(H,26,29)(H2,25,27,28). The normalized spacial score (nSPS) is 14.2. The predicted molar refractivity (Wildman–Crippen MR) is 123 cm³/mol. The average molecular weight is 425 g/mol. The minimum atomic E-state index is -0.0876. The summed E-state index contributed by atoms with van der Waals surface area (Å²) in [4.78, 5) is 16.4. The van der Waals surface area contributed by atoms with Crippen LogP contribution < -0.4 is 25.4 Å². The fourth-order valence-electron chi connectivity index (χ4n) is 3.62. The molecule has 0 aliphatic heterocycles. The van der Waals surface area contributed by atoms with E-state index in [1.54, 1.807) is 26.3 Å². The third-order valence-electron chi connectivity index (χ3n) is 5.28. The van der Waals surface area contributed by atoms with Crippen molar-refractivity contribution in [2.45, 2.75) is 38.3 Å². The molecule has 1 fully saturated rings. The number of methoxy groups -OCH3 is 1. The van der Waals surface area contributed by atoms with Crippen molar-refractivity contribution in [1.82, 2.24) is 16.0 Å². The van der Waals surface area contributed by atoms with Gasteiger partial charge in [0, 0.05) is 37.8 Å². The van der Waals surface area contributed by atoms with Crippen LogP contribution in [0.15, 0.2) is 53.5 Å². The molecule has 3 rings (SSSR count). The maximum Gasteiger partial charge on any atom is 0.251 e. The molecule has 0 heterocycles. The van der Waals surface area contributed by atoms with Crippen LogP contribution in [0.3, 0.4) is 0 Å². The molecule has 3 N–H and O–H groups in total. The second-order valence-corrected chi connectivity index (χ2v) is 7.45. The number of carbonyl (C=O) groups excluding carboxylic acids is 1. The van der Waals surface area contributed by atoms with Crippen molar-refractivity contribution in [3.8, 4) is 11.5 Å². The van der Waals surface area contributed by atoms with Crippen molar-refractivity contribution in [2.75, 3.05) is 27.2 Å². The lowest BCUT2D eigenvalue weighted by Gasteiger charge is -2.20. The maximum atomic E-state index is 12.1. The van der Waals surface area contributed by atoms with Gasteiger partial charge in [0.2, 0.25) is 0 Å². The Morgan fingerprint density at radius 2 is 1.74 bits per heavy atom. The molecule has 0 saturated heterocycles. The maximum absolute atomic E-state index is 12.1. The molecular formula is C24H32N4O3. The number of carbonyl (C=O) groups is 1. The van der Waals surface area contributed by atoms with Crippen molar-refractivity contribution >= 4 is 11.9 Å². The molecule has 7 heteroatoms. The lowest BCUT2D eigenvalue weighted by Crippen LogP contribution is -2.41. The zero-order valence-electron chi connectivity index (χ0n) is 18.3. The number of ether oxygens (including phenoxy) is 2. The van der Waals surface area contributed by atoms with E-state index in [1.807, 2.05) is 36.4 Å². The first-order valence-corrected chi connectivity index (χ1v) is 10.8. The first-order chi connectivity index (χ1) is 15.2. The fourth-order valence-corrected chi connectivity index (χ4v) is 3.62. The molecule has 1 aliphatic rings. The van der Waals surface area contributed by atoms with E-state index in [-0.39, 0.29) is 12.0 Å². The zero-order valence-corrected chi connectivity index (χ0v) is 18.3. The number of rotatable bonds is 9. The topological polar surface area (TPSA) is 84.0 Å². The Morgan fingerprint density at radius 1 is 1.00 bits per heavy atom. The van der Waals surface area contributed by atoms with Gasteiger partial charge in [0.25, 0.3) is 5.91 Å². The van der Waals surface area contributed by atoms with Crippen molar-refractivity contribution in [2.24, 2.45) is 4.99 Å². The van der Waals surface area contributed by atoms with Crippen LogP contribution in [0.4, 0.5) is 0 Å². The van der Waals surface area contributed by atoms with Crippen molar-refractivity contribution in [3.05, 3.63) is 59.7 Å². The van der Waals surface area contributed by atoms with Gasteiger partial charge in [0.1, 0.15) is 0 Å². The Hall–Kier alpha value is -3.22. The number of nitrogens with zero attached hydrogens (tertiary/aromatic N) is 1. The molecule has 0 radical (unpaired) electrons. The molecule has 0 aromatic heterocycles. The van der Waals surface area contributed by atoms with Crippen molar-refractivity contribution in [1.29, 1.82) is 0 Å². The number of hydrogen-bond acceptors (Lipinski definition) is 4. The summed E-state index contributed by atoms with van der Waals surface area (Å²) < 4.78 is 11.8. The van der Waals surface area contributed by atoms with Gasteiger partial charge in [-0.05, 0) is 43.9 Å². The van der Waals surface area contributed by atoms with E-state index in [2.05, 4.69) is 20.9 Å². The van der Waals surface area contributed by atoms with E-state index >= 15 is 0 Å². The number of hydrogen-bond donors (Lipinski definition) is 3. The minimum absolute atomic E-state index is 0.0876. The third-order valence-corrected chi connectivity index (χ3v) is 5.28. The largest absolute Gasteiger partial charge is 0.493 e. The smallest absolute Gasteiger partial charge is 0.251 e. The second kappa shape index (κ2) is 11.8. The fraction of sp³-hybridized carbons (Fsp3) is 0.417. The first kappa shape index (κ1) is 22.5. The zero-order chi connectivity index (χ0) is 21.9. The lowest BCUT2D eigenvalue weighted by molar-refractivity contribution is 0.0954. The van der Waals surface area contributed by atoms with E-state index in [4.69, 9.17) is 9.47 Å². The summed E-state index contributed by atoms with van der Waals surface area (Å²) in [5.41, 5.74) is 1.67. The van der Waals surface area contributed by atoms with Crippen LogP contribution in [0.1, 0.15) is 41.6 Å². The number of amides is 1. The molecule has 1 aliphatic carbocycles. The van der Waals surface area contributed by atoms with Crippen molar-refractivity contribution < 1.29 is 14.3 Å². The predicted octanol–water partition coefficient (Wildman–Crippen LogP) is 3.11. The Balaban J connectivity index is 1.49. The Labute approximate surface area is 184 Å². The summed E-state index contributed by atoms with van der Waals surface area (Å²) in [7, 11) is 3.39. The van der Waals surface area contributed by atoms with Crippen LogP contribution in [0.25, 0.3) is 0 Å². The average Bonchev–Trinajstić information content (AvgIpc) is 3.33. The minimum Gasteiger partial charge on any atom is -0.493 e. The Bertz CT molecular complexity index is 864. The molecule has 0 unspecified atom stereocenters. The number of benzene rings is 2. The first-order valence-electron chi connectivity index (χ1n) is 10.8. The van der Waals surface area contributed by atoms with E-state index in [0.29, 0.717) is 31.2 Å². The number of nitrogens with one attached hydrogen (secondary N) is 3. The summed E-state index contributed by atoms with van der Waals surface area (Å²) >= 11 is 0. The molecule has 0 spiro atoms. The molecule has 2 aromatic rings. The molecule has 0 bridgehead atoms. The molecule has 166 valence electrons. The monoisotopic (exact) mass is 424 g/mol. The molecular weight excluding hydrogens is 392 g/mol. The summed E-state index contributed by atoms with van der Waals surface area (Å²) in [6.45, 7) is 1.60. The van der Waals surface area contributed by atoms with Gasteiger partial charge in [0.15, 0.2) is 17.5 Å². The van der Waals surface area contributed by atoms with Crippen LogP contribution >= 0.6 is 0 Å². The van der Waals surface area contributed by atoms with Gasteiger partial charge in [-0.15, -0.1) is 0 Å². The molecule has 7 nitrogen and oxygen atoms in total. The van der Waals surface area contributed by atoms with Crippen LogP contribution in [0.2, 0.25) is 0 Å². The molecule has 31 heavy (non-hydrogen) atoms. The third kappa shape index (κ3) is 6.64. The summed E-state index contributed by atoms with van der Waals surface area (Å²) in [5.74, 6) is 2.12. The van der Waals surface area contributed by atoms with Gasteiger partial charge in [-0.3, -0.25) is 9.79 Å². The molecule has 1 saturated carbocycles. The molecule has 2 aromatic carbocycles. The summed E-state index contributed by atoms with van der Waals surface area (Å²) in [6.07, 6.45) is 4.85.